The van der Waals surface area contributed by atoms with Crippen molar-refractivity contribution in [2.75, 3.05) is 12.3 Å². The lowest BCUT2D eigenvalue weighted by molar-refractivity contribution is -0.136. The zero-order valence-corrected chi connectivity index (χ0v) is 16.6. The van der Waals surface area contributed by atoms with E-state index in [0.717, 1.165) is 41.9 Å². The number of carbonyl (C=O) groups is 1. The SMILES string of the molecule is CCCCC1c2nc(-c3ccccc3CO)cn2CCN1C(=O)C(N)CS. The summed E-state index contributed by atoms with van der Waals surface area (Å²) in [4.78, 5) is 19.5. The highest BCUT2D eigenvalue weighted by molar-refractivity contribution is 7.80. The Morgan fingerprint density at radius 1 is 1.41 bits per heavy atom. The molecule has 0 saturated carbocycles. The summed E-state index contributed by atoms with van der Waals surface area (Å²) < 4.78 is 2.14. The van der Waals surface area contributed by atoms with Gasteiger partial charge in [0.2, 0.25) is 5.91 Å². The average molecular weight is 389 g/mol. The maximum atomic E-state index is 12.8. The van der Waals surface area contributed by atoms with Crippen molar-refractivity contribution in [1.29, 1.82) is 0 Å². The predicted octanol–water partition coefficient (Wildman–Crippen LogP) is 2.37. The van der Waals surface area contributed by atoms with Gasteiger partial charge in [0.25, 0.3) is 0 Å². The van der Waals surface area contributed by atoms with Gasteiger partial charge in [-0.1, -0.05) is 44.0 Å². The Labute approximate surface area is 165 Å². The zero-order chi connectivity index (χ0) is 19.4. The van der Waals surface area contributed by atoms with E-state index in [1.807, 2.05) is 35.4 Å². The van der Waals surface area contributed by atoms with Crippen LogP contribution in [0.5, 0.6) is 0 Å². The van der Waals surface area contributed by atoms with Crippen molar-refractivity contribution >= 4 is 18.5 Å². The van der Waals surface area contributed by atoms with E-state index in [1.165, 1.54) is 0 Å². The minimum Gasteiger partial charge on any atom is -0.392 e. The van der Waals surface area contributed by atoms with Gasteiger partial charge in [0.15, 0.2) is 0 Å². The highest BCUT2D eigenvalue weighted by Crippen LogP contribution is 2.33. The van der Waals surface area contributed by atoms with E-state index in [9.17, 15) is 9.90 Å². The maximum absolute atomic E-state index is 12.8. The van der Waals surface area contributed by atoms with E-state index in [4.69, 9.17) is 10.7 Å². The van der Waals surface area contributed by atoms with E-state index >= 15 is 0 Å². The molecule has 3 rings (SSSR count). The molecule has 0 aliphatic carbocycles. The molecule has 2 atom stereocenters. The topological polar surface area (TPSA) is 84.4 Å². The lowest BCUT2D eigenvalue weighted by Crippen LogP contribution is -2.50. The van der Waals surface area contributed by atoms with Crippen molar-refractivity contribution in [2.24, 2.45) is 5.73 Å². The molecule has 1 aliphatic rings. The largest absolute Gasteiger partial charge is 0.392 e. The first-order valence-corrected chi connectivity index (χ1v) is 10.2. The van der Waals surface area contributed by atoms with Crippen molar-refractivity contribution < 1.29 is 9.90 Å². The molecule has 27 heavy (non-hydrogen) atoms. The van der Waals surface area contributed by atoms with Crippen LogP contribution >= 0.6 is 12.6 Å². The highest BCUT2D eigenvalue weighted by Gasteiger charge is 2.34. The first-order valence-electron chi connectivity index (χ1n) is 9.53. The number of thiol groups is 1. The number of unbranched alkanes of at least 4 members (excludes halogenated alkanes) is 1. The Balaban J connectivity index is 1.98. The van der Waals surface area contributed by atoms with Crippen LogP contribution in [0.15, 0.2) is 30.5 Å². The van der Waals surface area contributed by atoms with E-state index < -0.39 is 6.04 Å². The van der Waals surface area contributed by atoms with Gasteiger partial charge in [0.1, 0.15) is 5.82 Å². The lowest BCUT2D eigenvalue weighted by atomic mass is 10.0. The Morgan fingerprint density at radius 2 is 2.19 bits per heavy atom. The van der Waals surface area contributed by atoms with Gasteiger partial charge in [-0.2, -0.15) is 12.6 Å². The molecule has 146 valence electrons. The molecule has 1 amide bonds. The molecule has 2 heterocycles. The Bertz CT molecular complexity index is 792. The van der Waals surface area contributed by atoms with Gasteiger partial charge in [-0.15, -0.1) is 0 Å². The molecule has 1 aromatic carbocycles. The number of nitrogens with zero attached hydrogens (tertiary/aromatic N) is 3. The van der Waals surface area contributed by atoms with Crippen LogP contribution < -0.4 is 5.73 Å². The van der Waals surface area contributed by atoms with Gasteiger partial charge in [0.05, 0.1) is 24.4 Å². The minimum absolute atomic E-state index is 0.0287. The van der Waals surface area contributed by atoms with Crippen molar-refractivity contribution in [3.05, 3.63) is 41.9 Å². The Hall–Kier alpha value is -1.83. The number of carbonyl (C=O) groups excluding carboxylic acids is 1. The summed E-state index contributed by atoms with van der Waals surface area (Å²) in [6.07, 6.45) is 4.96. The number of imidazole rings is 1. The molecule has 2 unspecified atom stereocenters. The lowest BCUT2D eigenvalue weighted by Gasteiger charge is -2.37. The summed E-state index contributed by atoms with van der Waals surface area (Å²) in [7, 11) is 0. The molecule has 0 radical (unpaired) electrons. The van der Waals surface area contributed by atoms with E-state index in [-0.39, 0.29) is 18.6 Å². The number of benzene rings is 1. The Morgan fingerprint density at radius 3 is 2.89 bits per heavy atom. The van der Waals surface area contributed by atoms with Crippen LogP contribution in [0.25, 0.3) is 11.3 Å². The standard InChI is InChI=1S/C20H28N4O2S/c1-2-3-8-18-19-22-17(15-7-5-4-6-14(15)12-25)11-23(19)9-10-24(18)20(26)16(21)13-27/h4-7,11,16,18,25,27H,2-3,8-10,12-13,21H2,1H3. The summed E-state index contributed by atoms with van der Waals surface area (Å²) in [5.41, 5.74) is 8.59. The number of rotatable bonds is 7. The number of hydrogen-bond donors (Lipinski definition) is 3. The summed E-state index contributed by atoms with van der Waals surface area (Å²) in [6, 6.07) is 7.07. The third-order valence-corrected chi connectivity index (χ3v) is 5.55. The molecule has 0 saturated heterocycles. The molecule has 6 nitrogen and oxygen atoms in total. The number of nitrogens with two attached hydrogens (primary N) is 1. The summed E-state index contributed by atoms with van der Waals surface area (Å²) in [5, 5.41) is 9.65. The van der Waals surface area contributed by atoms with Crippen LogP contribution in [0.2, 0.25) is 0 Å². The van der Waals surface area contributed by atoms with Crippen molar-refractivity contribution in [1.82, 2.24) is 14.5 Å². The molecule has 3 N–H and O–H groups in total. The number of hydrogen-bond acceptors (Lipinski definition) is 5. The van der Waals surface area contributed by atoms with E-state index in [2.05, 4.69) is 24.1 Å². The molecule has 0 bridgehead atoms. The fraction of sp³-hybridized carbons (Fsp3) is 0.500. The van der Waals surface area contributed by atoms with Gasteiger partial charge < -0.3 is 20.3 Å². The van der Waals surface area contributed by atoms with E-state index in [1.54, 1.807) is 0 Å². The van der Waals surface area contributed by atoms with Crippen LogP contribution in [0.1, 0.15) is 43.6 Å². The minimum atomic E-state index is -0.589. The first kappa shape index (κ1) is 19.9. The van der Waals surface area contributed by atoms with Gasteiger partial charge in [-0.05, 0) is 12.0 Å². The molecule has 2 aromatic rings. The van der Waals surface area contributed by atoms with Crippen LogP contribution in [0, 0.1) is 0 Å². The van der Waals surface area contributed by atoms with Crippen molar-refractivity contribution in [3.8, 4) is 11.3 Å². The molecule has 1 aromatic heterocycles. The van der Waals surface area contributed by atoms with Crippen molar-refractivity contribution in [3.63, 3.8) is 0 Å². The number of amides is 1. The van der Waals surface area contributed by atoms with Crippen LogP contribution in [-0.2, 0) is 17.9 Å². The number of fused-ring (bicyclic) bond motifs is 1. The third kappa shape index (κ3) is 4.05. The monoisotopic (exact) mass is 388 g/mol. The van der Waals surface area contributed by atoms with Gasteiger partial charge in [-0.3, -0.25) is 4.79 Å². The average Bonchev–Trinajstić information content (AvgIpc) is 3.15. The summed E-state index contributed by atoms with van der Waals surface area (Å²) in [6.45, 7) is 3.43. The predicted molar refractivity (Wildman–Crippen MR) is 109 cm³/mol. The number of aliphatic hydroxyl groups is 1. The van der Waals surface area contributed by atoms with Gasteiger partial charge in [0, 0.05) is 30.6 Å². The summed E-state index contributed by atoms with van der Waals surface area (Å²) in [5.74, 6) is 1.18. The second-order valence-corrected chi connectivity index (χ2v) is 7.34. The number of aliphatic hydroxyl groups excluding tert-OH is 1. The van der Waals surface area contributed by atoms with E-state index in [0.29, 0.717) is 18.8 Å². The van der Waals surface area contributed by atoms with Gasteiger partial charge >= 0.3 is 0 Å². The molecule has 7 heteroatoms. The summed E-state index contributed by atoms with van der Waals surface area (Å²) >= 11 is 4.19. The molecular formula is C20H28N4O2S. The molecule has 0 fully saturated rings. The maximum Gasteiger partial charge on any atom is 0.241 e. The second kappa shape index (κ2) is 8.91. The normalized spacial score (nSPS) is 17.6. The van der Waals surface area contributed by atoms with Gasteiger partial charge in [-0.25, -0.2) is 4.98 Å². The highest BCUT2D eigenvalue weighted by atomic mass is 32.1. The third-order valence-electron chi connectivity index (χ3n) is 5.16. The fourth-order valence-corrected chi connectivity index (χ4v) is 3.82. The first-order chi connectivity index (χ1) is 13.1. The van der Waals surface area contributed by atoms with Crippen LogP contribution in [-0.4, -0.2) is 43.8 Å². The molecular weight excluding hydrogens is 360 g/mol. The second-order valence-electron chi connectivity index (χ2n) is 6.97. The van der Waals surface area contributed by atoms with Crippen LogP contribution in [0.3, 0.4) is 0 Å². The quantitative estimate of drug-likeness (QED) is 0.636. The Kier molecular flexibility index (Phi) is 6.57. The zero-order valence-electron chi connectivity index (χ0n) is 15.7. The molecule has 0 spiro atoms. The fourth-order valence-electron chi connectivity index (χ4n) is 3.66. The smallest absolute Gasteiger partial charge is 0.241 e. The number of aromatic nitrogens is 2. The molecule has 1 aliphatic heterocycles. The van der Waals surface area contributed by atoms with Crippen molar-refractivity contribution in [2.45, 2.75) is 51.4 Å². The van der Waals surface area contributed by atoms with Crippen LogP contribution in [0.4, 0.5) is 0 Å².